The van der Waals surface area contributed by atoms with E-state index in [2.05, 4.69) is 52.8 Å². The Morgan fingerprint density at radius 2 is 0.927 bits per heavy atom. The lowest BCUT2D eigenvalue weighted by Crippen LogP contribution is -2.54. The highest BCUT2D eigenvalue weighted by Gasteiger charge is 2.57. The van der Waals surface area contributed by atoms with Gasteiger partial charge in [0.05, 0.1) is 30.0 Å². The van der Waals surface area contributed by atoms with Gasteiger partial charge in [-0.3, -0.25) is 24.1 Å². The fraction of sp³-hybridized carbons (Fsp3) is 0.882. The number of aromatic nitrogens is 3. The molecule has 4 aliphatic heterocycles. The number of rotatable bonds is 34. The van der Waals surface area contributed by atoms with E-state index in [1.165, 1.54) is 105 Å². The average molecular weight is 1780 g/mol. The SMILES string of the molecule is CCCC1CCCCC1.[3H]CCC.[3H]CCC.[3H]CCC1CC(C)C(CC[3H])C1.[3H]CCC1CC(CC[3H])C(CCC)C1.[3H]CCC1CC(CC[3H])C2C(=O)N(CC)C(=O)C12.[3H]CCCC1(CCC[3H])CC(CC)OC1=O.[3H]CCCC1(CCC[3H])CCCN1C(C)=O.[3H]CCCC1(CCC[3H])COC(CC)C1.[3H]CCCn1c(=O)n(CCC[3H])c(=O)n(CCCC)c1=O.[3H]CCc1cc(C)cc(CC[3H])c1. The molecule has 4 aliphatic carbocycles. The molecule has 2 aromatic rings. The molecule has 12 unspecified atom stereocenters. The Hall–Kier alpha value is -4.33. The maximum atomic E-state index is 12.3. The molecule has 0 bridgehead atoms. The summed E-state index contributed by atoms with van der Waals surface area (Å²) in [4.78, 5) is 88.2. The average Bonchev–Trinajstić information content (AvgIpc) is 1.59. The maximum absolute atomic E-state index is 12.3. The van der Waals surface area contributed by atoms with Gasteiger partial charge in [-0.15, -0.1) is 0 Å². The summed E-state index contributed by atoms with van der Waals surface area (Å²) in [6.45, 7) is 33.3. The van der Waals surface area contributed by atoms with Gasteiger partial charge in [0.25, 0.3) is 0 Å². The van der Waals surface area contributed by atoms with Crippen LogP contribution in [0.3, 0.4) is 0 Å². The molecule has 4 saturated carbocycles. The molecule has 726 valence electrons. The smallest absolute Gasteiger partial charge is 0.336 e. The molecule has 8 aliphatic rings. The van der Waals surface area contributed by atoms with Crippen molar-refractivity contribution in [1.82, 2.24) is 23.5 Å². The zero-order valence-electron chi connectivity index (χ0n) is 100. The molecule has 0 N–H and O–H groups in total. The van der Waals surface area contributed by atoms with Crippen LogP contribution in [0.4, 0.5) is 0 Å². The number of amides is 3. The predicted molar refractivity (Wildman–Crippen MR) is 534 cm³/mol. The van der Waals surface area contributed by atoms with Crippen molar-refractivity contribution in [2.45, 2.75) is 533 Å². The molecule has 8 fully saturated rings. The van der Waals surface area contributed by atoms with Gasteiger partial charge in [0.2, 0.25) is 17.7 Å². The van der Waals surface area contributed by atoms with Gasteiger partial charge in [0, 0.05) is 76.3 Å². The van der Waals surface area contributed by atoms with E-state index in [1.807, 2.05) is 39.5 Å². The van der Waals surface area contributed by atoms with E-state index < -0.39 is 17.1 Å². The number of esters is 1. The van der Waals surface area contributed by atoms with E-state index in [-0.39, 0.29) is 97.9 Å². The van der Waals surface area contributed by atoms with Crippen molar-refractivity contribution in [1.29, 1.82) is 0 Å². The molecule has 3 amide bonds. The minimum atomic E-state index is -0.625. The molecule has 1 aromatic carbocycles. The number of hydrogen-bond acceptors (Lipinski definition) is 9. The summed E-state index contributed by atoms with van der Waals surface area (Å²) in [5.74, 6) is 5.98. The van der Waals surface area contributed by atoms with E-state index in [9.17, 15) is 33.6 Å². The van der Waals surface area contributed by atoms with Gasteiger partial charge >= 0.3 is 23.0 Å². The molecule has 14 heteroatoms. The third-order valence-corrected chi connectivity index (χ3v) is 27.1. The monoisotopic (exact) mass is 1780 g/mol. The normalized spacial score (nSPS) is 25.9. The van der Waals surface area contributed by atoms with Crippen molar-refractivity contribution in [2.24, 2.45) is 75.9 Å². The number of cyclic esters (lactones) is 1. The third kappa shape index (κ3) is 39.8. The molecular formula is C110H207N5O9. The second kappa shape index (κ2) is 68.7. The van der Waals surface area contributed by atoms with Gasteiger partial charge in [-0.25, -0.2) is 28.1 Å². The van der Waals surface area contributed by atoms with Gasteiger partial charge in [0.1, 0.15) is 6.10 Å². The number of fused-ring (bicyclic) bond motifs is 1. The van der Waals surface area contributed by atoms with Gasteiger partial charge < -0.3 is 14.4 Å². The second-order valence-electron chi connectivity index (χ2n) is 36.7. The van der Waals surface area contributed by atoms with Crippen molar-refractivity contribution in [3.8, 4) is 0 Å². The number of imide groups is 1. The molecule has 10 rings (SSSR count). The number of hydrogen-bond donors (Lipinski definition) is 0. The van der Waals surface area contributed by atoms with Crippen LogP contribution in [-0.4, -0.2) is 84.6 Å². The van der Waals surface area contributed by atoms with Crippen LogP contribution in [0.15, 0.2) is 32.6 Å². The zero-order valence-corrected chi connectivity index (χ0v) is 82.1. The van der Waals surface area contributed by atoms with Crippen molar-refractivity contribution in [3.63, 3.8) is 0 Å². The minimum absolute atomic E-state index is 0.0199. The fourth-order valence-corrected chi connectivity index (χ4v) is 20.5. The van der Waals surface area contributed by atoms with E-state index in [4.69, 9.17) is 34.1 Å². The Balaban J connectivity index is 0.00000157. The fourth-order valence-electron chi connectivity index (χ4n) is 20.5. The van der Waals surface area contributed by atoms with Crippen molar-refractivity contribution >= 4 is 23.7 Å². The lowest BCUT2D eigenvalue weighted by Gasteiger charge is -2.38. The largest absolute Gasteiger partial charge is 0.462 e. The van der Waals surface area contributed by atoms with Crippen LogP contribution in [0, 0.1) is 82.9 Å². The number of likely N-dealkylation sites (tertiary alicyclic amines) is 2. The number of nitrogens with zero attached hydrogens (tertiary/aromatic N) is 5. The van der Waals surface area contributed by atoms with E-state index >= 15 is 0 Å². The van der Waals surface area contributed by atoms with Gasteiger partial charge in [0.15, 0.2) is 0 Å². The van der Waals surface area contributed by atoms with E-state index in [0.717, 1.165) is 248 Å². The van der Waals surface area contributed by atoms with Crippen LogP contribution in [0.1, 0.15) is 517 Å². The van der Waals surface area contributed by atoms with Gasteiger partial charge in [-0.05, 0) is 218 Å². The number of carbonyl (C=O) groups excluding carboxylic acids is 4. The molecular weight excluding hydrogens is 1540 g/mol. The van der Waals surface area contributed by atoms with Crippen LogP contribution in [-0.2, 0) is 61.1 Å². The van der Waals surface area contributed by atoms with Crippen molar-refractivity contribution in [2.75, 3.05) is 19.7 Å². The number of benzene rings is 1. The third-order valence-electron chi connectivity index (χ3n) is 27.1. The lowest BCUT2D eigenvalue weighted by molar-refractivity contribution is -0.149. The molecule has 12 atom stereocenters. The van der Waals surface area contributed by atoms with E-state index in [0.29, 0.717) is 161 Å². The van der Waals surface area contributed by atoms with Crippen molar-refractivity contribution < 1.29 is 53.3 Å². The van der Waals surface area contributed by atoms with Gasteiger partial charge in [-0.1, -0.05) is 357 Å². The molecule has 5 heterocycles. The second-order valence-corrected chi connectivity index (χ2v) is 36.7. The number of carbonyl (C=O) groups is 4. The summed E-state index contributed by atoms with van der Waals surface area (Å²) in [5.41, 5.74) is 1.83. The van der Waals surface area contributed by atoms with Crippen LogP contribution in [0.5, 0.6) is 0 Å². The highest BCUT2D eigenvalue weighted by Crippen LogP contribution is 2.51. The molecule has 124 heavy (non-hydrogen) atoms. The van der Waals surface area contributed by atoms with Crippen LogP contribution < -0.4 is 17.1 Å². The Morgan fingerprint density at radius 1 is 0.452 bits per heavy atom. The summed E-state index contributed by atoms with van der Waals surface area (Å²) < 4.78 is 143. The predicted octanol–water partition coefficient (Wildman–Crippen LogP) is 29.9. The molecule has 4 saturated heterocycles. The summed E-state index contributed by atoms with van der Waals surface area (Å²) in [5, 5.41) is 0. The van der Waals surface area contributed by atoms with E-state index in [1.54, 1.807) is 6.92 Å². The lowest BCUT2D eigenvalue weighted by atomic mass is 9.76. The first-order chi connectivity index (χ1) is 68.4. The molecule has 1 aromatic heterocycles. The molecule has 0 radical (unpaired) electrons. The first-order valence-electron chi connectivity index (χ1n) is 62.4. The zero-order chi connectivity index (χ0) is 107. The highest BCUT2D eigenvalue weighted by molar-refractivity contribution is 6.05. The summed E-state index contributed by atoms with van der Waals surface area (Å²) in [7, 11) is 0. The van der Waals surface area contributed by atoms with Crippen LogP contribution in [0.2, 0.25) is 0 Å². The topological polar surface area (TPSA) is 159 Å². The first kappa shape index (κ1) is 90.2. The summed E-state index contributed by atoms with van der Waals surface area (Å²) >= 11 is 0. The number of ether oxygens (including phenoxy) is 2. The van der Waals surface area contributed by atoms with Crippen molar-refractivity contribution in [3.05, 3.63) is 66.3 Å². The Bertz CT molecular complexity index is 3440. The molecule has 14 nitrogen and oxygen atoms in total. The number of aryl methyl sites for hydroxylation is 3. The summed E-state index contributed by atoms with van der Waals surface area (Å²) in [6, 6.07) is 6.38. The Morgan fingerprint density at radius 3 is 1.38 bits per heavy atom. The Labute approximate surface area is 792 Å². The Kier molecular flexibility index (Phi) is 50.0. The minimum Gasteiger partial charge on any atom is -0.462 e. The van der Waals surface area contributed by atoms with Crippen LogP contribution in [0.25, 0.3) is 0 Å². The molecule has 0 spiro atoms. The standard InChI is InChI=1S/C13H23N3O3.C13H21NO2.C12H23NO.C12H22O2.C12H24O.C12H24.C11H16.C10H20.C9H18.2C3H8/c1-4-7-10-16-12(18)14(8-5-2)11(17)15(9-6-3)13(16)19;1-4-8-7-9(5-2)11-10(8)12(15)14(6-3)13(11)16;1-4-7-12(8-5-2)9-6-10-13(12)11(3)14;1-4-7-12(8-5-2)9-10(6-3)14-11(12)13;1-4-7-12(8-5-2)9-11(6-3)13-10-12;1-4-7-12-9-10(5-2)8-11(12)6-3;1-4-10-6-9(3)7-11(5-2)8-10;1-4-9-6-8(3)10(5-2)7-9;1-2-6-9-7-4-3-5-8-9;2*1-3-2/h4-10H2,1-3H3;8-11H,4-7H2,1-3H3;4-10H2,1-3H3;10H,4-9H2,1-3H3;11H,4-10H2,1-3H3;10-12H,4-9H2,1-3H3;6-8H,4-5H2,1-3H3;8-10H,4-7H2,1-3H3;9H,2-8H2,1H3;2*3H2,1-2H3/i2T,3T;4*1T,2T;2T,3T;2*1T,2T;;2*1T. The van der Waals surface area contributed by atoms with Gasteiger partial charge in [-0.2, -0.15) is 0 Å². The quantitative estimate of drug-likeness (QED) is 0.0491. The summed E-state index contributed by atoms with van der Waals surface area (Å²) in [6.07, 6.45) is 48.2. The highest BCUT2D eigenvalue weighted by atomic mass is 16.6. The number of unbranched alkanes of at least 4 members (excludes halogenated alkanes) is 1. The first-order valence-corrected chi connectivity index (χ1v) is 49.7. The van der Waals surface area contributed by atoms with Crippen LogP contribution >= 0.6 is 0 Å². The maximum Gasteiger partial charge on any atom is 0.336 e.